The molecule has 1 amide bonds. The van der Waals surface area contributed by atoms with Gasteiger partial charge in [-0.2, -0.15) is 0 Å². The van der Waals surface area contributed by atoms with E-state index in [2.05, 4.69) is 11.4 Å². The Labute approximate surface area is 205 Å². The second-order valence-electron chi connectivity index (χ2n) is 8.07. The van der Waals surface area contributed by atoms with Gasteiger partial charge in [0.2, 0.25) is 10.0 Å². The summed E-state index contributed by atoms with van der Waals surface area (Å²) in [4.78, 5) is 12.8. The van der Waals surface area contributed by atoms with E-state index in [9.17, 15) is 13.2 Å². The minimum atomic E-state index is -3.63. The highest BCUT2D eigenvalue weighted by Crippen LogP contribution is 2.29. The van der Waals surface area contributed by atoms with Crippen molar-refractivity contribution in [2.45, 2.75) is 33.4 Å². The zero-order valence-electron chi connectivity index (χ0n) is 18.9. The van der Waals surface area contributed by atoms with Crippen molar-refractivity contribution >= 4 is 44.8 Å². The van der Waals surface area contributed by atoms with E-state index in [4.69, 9.17) is 23.2 Å². The van der Waals surface area contributed by atoms with Gasteiger partial charge in [-0.1, -0.05) is 53.0 Å². The Morgan fingerprint density at radius 2 is 1.61 bits per heavy atom. The maximum Gasteiger partial charge on any atom is 0.251 e. The van der Waals surface area contributed by atoms with Crippen LogP contribution in [0.4, 0.5) is 5.69 Å². The summed E-state index contributed by atoms with van der Waals surface area (Å²) in [6.45, 7) is 5.96. The van der Waals surface area contributed by atoms with Crippen molar-refractivity contribution in [2.75, 3.05) is 10.6 Å². The lowest BCUT2D eigenvalue weighted by Gasteiger charge is -2.24. The van der Waals surface area contributed by atoms with E-state index in [0.717, 1.165) is 17.4 Å². The maximum atomic E-state index is 12.8. The Morgan fingerprint density at radius 1 is 1.00 bits per heavy atom. The molecule has 0 saturated heterocycles. The molecule has 0 spiro atoms. The summed E-state index contributed by atoms with van der Waals surface area (Å²) < 4.78 is 26.2. The van der Waals surface area contributed by atoms with Crippen LogP contribution in [0, 0.1) is 13.8 Å². The highest BCUT2D eigenvalue weighted by Gasteiger charge is 2.21. The van der Waals surface area contributed by atoms with Crippen molar-refractivity contribution in [1.29, 1.82) is 0 Å². The van der Waals surface area contributed by atoms with E-state index in [1.807, 2.05) is 32.9 Å². The van der Waals surface area contributed by atoms with Crippen molar-refractivity contribution in [2.24, 2.45) is 0 Å². The number of anilines is 1. The van der Waals surface area contributed by atoms with Crippen molar-refractivity contribution in [3.8, 4) is 0 Å². The molecule has 0 radical (unpaired) electrons. The van der Waals surface area contributed by atoms with E-state index in [0.29, 0.717) is 26.9 Å². The van der Waals surface area contributed by atoms with Crippen molar-refractivity contribution in [1.82, 2.24) is 5.32 Å². The fraction of sp³-hybridized carbons (Fsp3) is 0.240. The molecule has 3 rings (SSSR count). The van der Waals surface area contributed by atoms with Gasteiger partial charge in [-0.25, -0.2) is 8.42 Å². The van der Waals surface area contributed by atoms with Crippen LogP contribution in [0.5, 0.6) is 0 Å². The molecule has 5 nitrogen and oxygen atoms in total. The Bertz CT molecular complexity index is 1260. The largest absolute Gasteiger partial charge is 0.346 e. The number of hydrogen-bond donors (Lipinski definition) is 1. The molecular formula is C25H26Cl2N2O3S. The summed E-state index contributed by atoms with van der Waals surface area (Å²) in [7, 11) is -3.63. The molecule has 0 aliphatic carbocycles. The van der Waals surface area contributed by atoms with Gasteiger partial charge in [0.25, 0.3) is 5.91 Å². The van der Waals surface area contributed by atoms with Gasteiger partial charge in [-0.05, 0) is 68.3 Å². The zero-order chi connectivity index (χ0) is 24.3. The number of sulfonamides is 1. The number of benzene rings is 3. The first-order valence-electron chi connectivity index (χ1n) is 10.4. The van der Waals surface area contributed by atoms with Crippen LogP contribution >= 0.6 is 23.2 Å². The number of carbonyl (C=O) groups is 1. The van der Waals surface area contributed by atoms with Gasteiger partial charge in [-0.15, -0.1) is 0 Å². The summed E-state index contributed by atoms with van der Waals surface area (Å²) in [6.07, 6.45) is 1.12. The second kappa shape index (κ2) is 10.2. The van der Waals surface area contributed by atoms with E-state index < -0.39 is 10.0 Å². The summed E-state index contributed by atoms with van der Waals surface area (Å²) in [5, 5.41) is 3.76. The fourth-order valence-electron chi connectivity index (χ4n) is 3.68. The van der Waals surface area contributed by atoms with Gasteiger partial charge < -0.3 is 5.32 Å². The van der Waals surface area contributed by atoms with Crippen LogP contribution < -0.4 is 9.62 Å². The van der Waals surface area contributed by atoms with E-state index in [1.54, 1.807) is 42.5 Å². The summed E-state index contributed by atoms with van der Waals surface area (Å²) in [5.74, 6) is -0.242. The topological polar surface area (TPSA) is 66.5 Å². The molecule has 0 heterocycles. The van der Waals surface area contributed by atoms with Crippen molar-refractivity contribution in [3.05, 3.63) is 98.5 Å². The molecule has 0 fully saturated rings. The normalized spacial score (nSPS) is 12.3. The van der Waals surface area contributed by atoms with Crippen molar-refractivity contribution < 1.29 is 13.2 Å². The van der Waals surface area contributed by atoms with Crippen LogP contribution in [0.1, 0.15) is 45.6 Å². The van der Waals surface area contributed by atoms with E-state index in [1.165, 1.54) is 9.87 Å². The van der Waals surface area contributed by atoms with Gasteiger partial charge in [-0.3, -0.25) is 9.10 Å². The lowest BCUT2D eigenvalue weighted by Crippen LogP contribution is -2.30. The van der Waals surface area contributed by atoms with Crippen LogP contribution in [-0.4, -0.2) is 20.6 Å². The minimum Gasteiger partial charge on any atom is -0.346 e. The highest BCUT2D eigenvalue weighted by molar-refractivity contribution is 7.92. The lowest BCUT2D eigenvalue weighted by atomic mass is 10.00. The number of rotatable bonds is 7. The molecule has 1 atom stereocenters. The minimum absolute atomic E-state index is 0.0212. The van der Waals surface area contributed by atoms with Crippen LogP contribution in [-0.2, 0) is 16.6 Å². The molecule has 3 aromatic carbocycles. The Kier molecular flexibility index (Phi) is 7.73. The standard InChI is InChI=1S/C25H26Cl2N2O3S/c1-16-8-13-21(17(2)14-16)18(3)28-25(30)19-9-11-20(12-10-19)29(33(4,31)32)15-22-23(26)6-5-7-24(22)27/h5-14,18H,15H2,1-4H3,(H,28,30)/t18-/m0/s1. The number of nitrogens with one attached hydrogen (secondary N) is 1. The molecule has 0 saturated carbocycles. The maximum absolute atomic E-state index is 12.8. The van der Waals surface area contributed by atoms with E-state index in [-0.39, 0.29) is 18.5 Å². The fourth-order valence-corrected chi connectivity index (χ4v) is 5.06. The number of hydrogen-bond acceptors (Lipinski definition) is 3. The molecule has 0 unspecified atom stereocenters. The highest BCUT2D eigenvalue weighted by atomic mass is 35.5. The van der Waals surface area contributed by atoms with Gasteiger partial charge >= 0.3 is 0 Å². The molecule has 33 heavy (non-hydrogen) atoms. The lowest BCUT2D eigenvalue weighted by molar-refractivity contribution is 0.0940. The smallest absolute Gasteiger partial charge is 0.251 e. The first kappa shape index (κ1) is 25.1. The monoisotopic (exact) mass is 504 g/mol. The molecular weight excluding hydrogens is 479 g/mol. The molecule has 0 aromatic heterocycles. The average molecular weight is 505 g/mol. The third-order valence-corrected chi connectivity index (χ3v) is 7.27. The van der Waals surface area contributed by atoms with Crippen LogP contribution in [0.15, 0.2) is 60.7 Å². The van der Waals surface area contributed by atoms with Gasteiger partial charge in [0.1, 0.15) is 0 Å². The molecule has 1 N–H and O–H groups in total. The van der Waals surface area contributed by atoms with E-state index >= 15 is 0 Å². The predicted molar refractivity (Wildman–Crippen MR) is 136 cm³/mol. The number of aryl methyl sites for hydroxylation is 2. The molecule has 0 bridgehead atoms. The Hall–Kier alpha value is -2.54. The summed E-state index contributed by atoms with van der Waals surface area (Å²) in [5.41, 5.74) is 4.67. The molecule has 3 aromatic rings. The number of nitrogens with zero attached hydrogens (tertiary/aromatic N) is 1. The van der Waals surface area contributed by atoms with Gasteiger partial charge in [0, 0.05) is 21.2 Å². The van der Waals surface area contributed by atoms with Gasteiger partial charge in [0.15, 0.2) is 0 Å². The first-order valence-corrected chi connectivity index (χ1v) is 13.0. The quantitative estimate of drug-likeness (QED) is 0.424. The summed E-state index contributed by atoms with van der Waals surface area (Å²) in [6, 6.07) is 17.4. The third kappa shape index (κ3) is 6.08. The van der Waals surface area contributed by atoms with Crippen LogP contribution in [0.3, 0.4) is 0 Å². The van der Waals surface area contributed by atoms with Crippen LogP contribution in [0.25, 0.3) is 0 Å². The average Bonchev–Trinajstić information content (AvgIpc) is 2.72. The van der Waals surface area contributed by atoms with Gasteiger partial charge in [0.05, 0.1) is 24.5 Å². The second-order valence-corrected chi connectivity index (χ2v) is 10.8. The Morgan fingerprint density at radius 3 is 2.15 bits per heavy atom. The number of halogens is 2. The molecule has 8 heteroatoms. The summed E-state index contributed by atoms with van der Waals surface area (Å²) >= 11 is 12.5. The number of carbonyl (C=O) groups excluding carboxylic acids is 1. The van der Waals surface area contributed by atoms with Crippen molar-refractivity contribution in [3.63, 3.8) is 0 Å². The third-order valence-electron chi connectivity index (χ3n) is 5.42. The molecule has 0 aliphatic rings. The predicted octanol–water partition coefficient (Wildman–Crippen LogP) is 6.07. The number of amides is 1. The Balaban J connectivity index is 1.81. The van der Waals surface area contributed by atoms with Crippen LogP contribution in [0.2, 0.25) is 10.0 Å². The molecule has 0 aliphatic heterocycles. The SMILES string of the molecule is Cc1ccc([C@H](C)NC(=O)c2ccc(N(Cc3c(Cl)cccc3Cl)S(C)(=O)=O)cc2)c(C)c1. The first-order chi connectivity index (χ1) is 15.5. The molecule has 174 valence electrons. The zero-order valence-corrected chi connectivity index (χ0v) is 21.2.